The van der Waals surface area contributed by atoms with E-state index in [-0.39, 0.29) is 6.61 Å². The SMILES string of the molecule is COCC(N)C(=O)N[C@@H](CCSC)C(=O)O. The molecule has 0 spiro atoms. The summed E-state index contributed by atoms with van der Waals surface area (Å²) < 4.78 is 4.71. The summed E-state index contributed by atoms with van der Waals surface area (Å²) in [6.07, 6.45) is 2.25. The number of rotatable bonds is 8. The molecular formula is C9H18N2O4S. The second-order valence-corrected chi connectivity index (χ2v) is 4.23. The van der Waals surface area contributed by atoms with Crippen molar-refractivity contribution in [2.45, 2.75) is 18.5 Å². The Morgan fingerprint density at radius 2 is 2.19 bits per heavy atom. The lowest BCUT2D eigenvalue weighted by molar-refractivity contribution is -0.142. The smallest absolute Gasteiger partial charge is 0.326 e. The number of amides is 1. The van der Waals surface area contributed by atoms with Gasteiger partial charge in [0, 0.05) is 7.11 Å². The molecule has 16 heavy (non-hydrogen) atoms. The lowest BCUT2D eigenvalue weighted by Crippen LogP contribution is -2.50. The molecule has 0 fully saturated rings. The molecule has 0 aliphatic rings. The van der Waals surface area contributed by atoms with Gasteiger partial charge in [-0.05, 0) is 18.4 Å². The highest BCUT2D eigenvalue weighted by Gasteiger charge is 2.22. The third kappa shape index (κ3) is 5.94. The van der Waals surface area contributed by atoms with E-state index in [0.29, 0.717) is 12.2 Å². The number of aliphatic carboxylic acids is 1. The molecule has 0 radical (unpaired) electrons. The largest absolute Gasteiger partial charge is 0.480 e. The fraction of sp³-hybridized carbons (Fsp3) is 0.778. The van der Waals surface area contributed by atoms with E-state index in [1.165, 1.54) is 18.9 Å². The fourth-order valence-corrected chi connectivity index (χ4v) is 1.50. The maximum atomic E-state index is 11.4. The van der Waals surface area contributed by atoms with Crippen molar-refractivity contribution < 1.29 is 19.4 Å². The minimum Gasteiger partial charge on any atom is -0.480 e. The maximum absolute atomic E-state index is 11.4. The zero-order valence-electron chi connectivity index (χ0n) is 9.43. The highest BCUT2D eigenvalue weighted by Crippen LogP contribution is 2.01. The standard InChI is InChI=1S/C9H18N2O4S/c1-15-5-6(10)8(12)11-7(9(13)14)3-4-16-2/h6-7H,3-5,10H2,1-2H3,(H,11,12)(H,13,14)/t6?,7-/m0/s1. The molecule has 94 valence electrons. The maximum Gasteiger partial charge on any atom is 0.326 e. The number of ether oxygens (including phenoxy) is 1. The number of carboxylic acids is 1. The summed E-state index contributed by atoms with van der Waals surface area (Å²) in [6, 6.07) is -1.72. The average Bonchev–Trinajstić information content (AvgIpc) is 2.23. The highest BCUT2D eigenvalue weighted by atomic mass is 32.2. The number of nitrogens with one attached hydrogen (secondary N) is 1. The van der Waals surface area contributed by atoms with Crippen molar-refractivity contribution in [2.75, 3.05) is 25.7 Å². The molecule has 0 bridgehead atoms. The van der Waals surface area contributed by atoms with Crippen molar-refractivity contribution in [3.8, 4) is 0 Å². The number of carboxylic acid groups (broad SMARTS) is 1. The van der Waals surface area contributed by atoms with Gasteiger partial charge in [-0.3, -0.25) is 4.79 Å². The van der Waals surface area contributed by atoms with E-state index in [0.717, 1.165) is 0 Å². The Kier molecular flexibility index (Phi) is 7.96. The van der Waals surface area contributed by atoms with Crippen LogP contribution in [0.25, 0.3) is 0 Å². The first kappa shape index (κ1) is 15.2. The Hall–Kier alpha value is -0.790. The van der Waals surface area contributed by atoms with Crippen molar-refractivity contribution in [3.63, 3.8) is 0 Å². The molecule has 6 nitrogen and oxygen atoms in total. The average molecular weight is 250 g/mol. The van der Waals surface area contributed by atoms with Gasteiger partial charge in [-0.15, -0.1) is 0 Å². The van der Waals surface area contributed by atoms with Gasteiger partial charge >= 0.3 is 5.97 Å². The molecule has 0 aromatic carbocycles. The third-order valence-corrected chi connectivity index (χ3v) is 2.55. The Morgan fingerprint density at radius 1 is 1.56 bits per heavy atom. The summed E-state index contributed by atoms with van der Waals surface area (Å²) in [4.78, 5) is 22.2. The first-order valence-electron chi connectivity index (χ1n) is 4.79. The van der Waals surface area contributed by atoms with Crippen LogP contribution in [0.15, 0.2) is 0 Å². The van der Waals surface area contributed by atoms with Crippen LogP contribution < -0.4 is 11.1 Å². The molecule has 0 saturated heterocycles. The molecule has 0 aromatic heterocycles. The van der Waals surface area contributed by atoms with Crippen LogP contribution in [0.3, 0.4) is 0 Å². The predicted molar refractivity (Wildman–Crippen MR) is 62.4 cm³/mol. The van der Waals surface area contributed by atoms with E-state index < -0.39 is 24.0 Å². The topological polar surface area (TPSA) is 102 Å². The Morgan fingerprint density at radius 3 is 2.62 bits per heavy atom. The summed E-state index contributed by atoms with van der Waals surface area (Å²) in [5.74, 6) is -0.890. The van der Waals surface area contributed by atoms with E-state index >= 15 is 0 Å². The van der Waals surface area contributed by atoms with Gasteiger partial charge in [-0.2, -0.15) is 11.8 Å². The summed E-state index contributed by atoms with van der Waals surface area (Å²) in [5, 5.41) is 11.2. The van der Waals surface area contributed by atoms with Crippen LogP contribution in [0.2, 0.25) is 0 Å². The first-order valence-corrected chi connectivity index (χ1v) is 6.19. The minimum absolute atomic E-state index is 0.0701. The van der Waals surface area contributed by atoms with E-state index in [9.17, 15) is 9.59 Å². The summed E-state index contributed by atoms with van der Waals surface area (Å²) in [6.45, 7) is 0.0701. The van der Waals surface area contributed by atoms with Crippen LogP contribution in [0.5, 0.6) is 0 Å². The number of carbonyl (C=O) groups is 2. The van der Waals surface area contributed by atoms with Crippen LogP contribution in [-0.2, 0) is 14.3 Å². The van der Waals surface area contributed by atoms with E-state index in [1.807, 2.05) is 6.26 Å². The second-order valence-electron chi connectivity index (χ2n) is 3.24. The number of thioether (sulfide) groups is 1. The zero-order chi connectivity index (χ0) is 12.6. The molecule has 0 saturated carbocycles. The van der Waals surface area contributed by atoms with Crippen LogP contribution in [0.1, 0.15) is 6.42 Å². The summed E-state index contributed by atoms with van der Waals surface area (Å²) in [7, 11) is 1.43. The lowest BCUT2D eigenvalue weighted by atomic mass is 10.2. The van der Waals surface area contributed by atoms with Crippen LogP contribution in [0, 0.1) is 0 Å². The highest BCUT2D eigenvalue weighted by molar-refractivity contribution is 7.98. The lowest BCUT2D eigenvalue weighted by Gasteiger charge is -2.16. The third-order valence-electron chi connectivity index (χ3n) is 1.91. The minimum atomic E-state index is -1.05. The van der Waals surface area contributed by atoms with E-state index in [2.05, 4.69) is 5.32 Å². The molecule has 7 heteroatoms. The van der Waals surface area contributed by atoms with Crippen molar-refractivity contribution in [3.05, 3.63) is 0 Å². The number of methoxy groups -OCH3 is 1. The fourth-order valence-electron chi connectivity index (χ4n) is 1.03. The summed E-state index contributed by atoms with van der Waals surface area (Å²) >= 11 is 1.52. The molecule has 0 aliphatic carbocycles. The van der Waals surface area contributed by atoms with Gasteiger partial charge in [0.1, 0.15) is 12.1 Å². The molecule has 0 aliphatic heterocycles. The van der Waals surface area contributed by atoms with Crippen molar-refractivity contribution in [2.24, 2.45) is 5.73 Å². The molecule has 4 N–H and O–H groups in total. The van der Waals surface area contributed by atoms with Gasteiger partial charge in [0.05, 0.1) is 6.61 Å². The number of nitrogens with two attached hydrogens (primary N) is 1. The quantitative estimate of drug-likeness (QED) is 0.525. The van der Waals surface area contributed by atoms with Gasteiger partial charge in [0.15, 0.2) is 0 Å². The Bertz CT molecular complexity index is 238. The number of hydrogen-bond acceptors (Lipinski definition) is 5. The molecule has 0 aromatic rings. The molecule has 0 rings (SSSR count). The van der Waals surface area contributed by atoms with Gasteiger partial charge < -0.3 is 20.9 Å². The van der Waals surface area contributed by atoms with Crippen molar-refractivity contribution in [1.82, 2.24) is 5.32 Å². The zero-order valence-corrected chi connectivity index (χ0v) is 10.3. The van der Waals surface area contributed by atoms with Crippen LogP contribution in [0.4, 0.5) is 0 Å². The van der Waals surface area contributed by atoms with E-state index in [4.69, 9.17) is 15.6 Å². The predicted octanol–water partition coefficient (Wildman–Crippen LogP) is -0.717. The Labute approximate surface area is 98.9 Å². The molecule has 1 amide bonds. The second kappa shape index (κ2) is 8.37. The molecule has 1 unspecified atom stereocenters. The number of carbonyl (C=O) groups excluding carboxylic acids is 1. The van der Waals surface area contributed by atoms with Crippen molar-refractivity contribution >= 4 is 23.6 Å². The van der Waals surface area contributed by atoms with Crippen molar-refractivity contribution in [1.29, 1.82) is 0 Å². The van der Waals surface area contributed by atoms with Gasteiger partial charge in [-0.25, -0.2) is 4.79 Å². The summed E-state index contributed by atoms with van der Waals surface area (Å²) in [5.41, 5.74) is 5.47. The Balaban J connectivity index is 4.17. The monoisotopic (exact) mass is 250 g/mol. The molecular weight excluding hydrogens is 232 g/mol. The van der Waals surface area contributed by atoms with Gasteiger partial charge in [0.2, 0.25) is 5.91 Å². The number of hydrogen-bond donors (Lipinski definition) is 3. The van der Waals surface area contributed by atoms with Gasteiger partial charge in [-0.1, -0.05) is 0 Å². The first-order chi connectivity index (χ1) is 7.52. The van der Waals surface area contributed by atoms with Crippen LogP contribution in [-0.4, -0.2) is 54.8 Å². The van der Waals surface area contributed by atoms with E-state index in [1.54, 1.807) is 0 Å². The van der Waals surface area contributed by atoms with Gasteiger partial charge in [0.25, 0.3) is 0 Å². The van der Waals surface area contributed by atoms with Crippen LogP contribution >= 0.6 is 11.8 Å². The molecule has 2 atom stereocenters. The molecule has 0 heterocycles. The normalized spacial score (nSPS) is 14.2.